The number of hydrogen-bond acceptors (Lipinski definition) is 3. The molecule has 0 saturated heterocycles. The smallest absolute Gasteiger partial charge is 0.189 e. The predicted molar refractivity (Wildman–Crippen MR) is 72.8 cm³/mol. The highest BCUT2D eigenvalue weighted by atomic mass is 16.3. The lowest BCUT2D eigenvalue weighted by atomic mass is 10.2. The van der Waals surface area contributed by atoms with Gasteiger partial charge in [0.1, 0.15) is 0 Å². The molecular weight excluding hydrogens is 228 g/mol. The van der Waals surface area contributed by atoms with Crippen LogP contribution < -0.4 is 10.7 Å². The number of likely N-dealkylation sites (N-methyl/N-ethyl adjacent to an activating group) is 1. The number of para-hydroxylation sites is 1. The number of aliphatic hydroxyl groups excluding tert-OH is 1. The number of pyridine rings is 1. The molecule has 4 nitrogen and oxygen atoms in total. The van der Waals surface area contributed by atoms with Crippen molar-refractivity contribution in [2.45, 2.75) is 19.6 Å². The van der Waals surface area contributed by atoms with Crippen molar-refractivity contribution in [1.29, 1.82) is 0 Å². The molecule has 2 aromatic rings. The largest absolute Gasteiger partial charge is 0.390 e. The molecule has 0 amide bonds. The predicted octanol–water partition coefficient (Wildman–Crippen LogP) is 0.972. The van der Waals surface area contributed by atoms with E-state index in [-0.39, 0.29) is 5.43 Å². The first-order valence-electron chi connectivity index (χ1n) is 6.19. The molecule has 4 heteroatoms. The Morgan fingerprint density at radius 1 is 1.33 bits per heavy atom. The topological polar surface area (TPSA) is 54.3 Å². The van der Waals surface area contributed by atoms with Crippen LogP contribution in [-0.4, -0.2) is 28.9 Å². The fourth-order valence-electron chi connectivity index (χ4n) is 2.02. The third kappa shape index (κ3) is 2.78. The summed E-state index contributed by atoms with van der Waals surface area (Å²) in [5, 5.41) is 13.7. The van der Waals surface area contributed by atoms with Crippen LogP contribution >= 0.6 is 0 Å². The molecular formula is C14H18N2O2. The molecule has 96 valence electrons. The van der Waals surface area contributed by atoms with Crippen LogP contribution in [0.4, 0.5) is 0 Å². The zero-order chi connectivity index (χ0) is 13.0. The minimum absolute atomic E-state index is 0.0167. The van der Waals surface area contributed by atoms with Crippen LogP contribution in [0.1, 0.15) is 6.92 Å². The first-order chi connectivity index (χ1) is 8.72. The van der Waals surface area contributed by atoms with Crippen LogP contribution in [0.2, 0.25) is 0 Å². The average Bonchev–Trinajstić information content (AvgIpc) is 2.40. The molecule has 0 bridgehead atoms. The maximum absolute atomic E-state index is 11.7. The van der Waals surface area contributed by atoms with Crippen molar-refractivity contribution >= 4 is 10.9 Å². The minimum Gasteiger partial charge on any atom is -0.390 e. The Morgan fingerprint density at radius 2 is 2.11 bits per heavy atom. The quantitative estimate of drug-likeness (QED) is 0.826. The molecule has 1 atom stereocenters. The Bertz CT molecular complexity index is 577. The second-order valence-electron chi connectivity index (χ2n) is 4.31. The standard InChI is InChI=1S/C14H18N2O2/c1-2-15-9-11(17)10-16-8-7-14(18)12-5-3-4-6-13(12)16/h3-8,11,15,17H,2,9-10H2,1H3. The lowest BCUT2D eigenvalue weighted by molar-refractivity contribution is 0.153. The van der Waals surface area contributed by atoms with Gasteiger partial charge in [-0.2, -0.15) is 0 Å². The summed E-state index contributed by atoms with van der Waals surface area (Å²) in [5.41, 5.74) is 0.878. The molecule has 1 aromatic heterocycles. The summed E-state index contributed by atoms with van der Waals surface area (Å²) in [6.45, 7) is 3.87. The third-order valence-electron chi connectivity index (χ3n) is 2.92. The molecule has 1 aromatic carbocycles. The number of hydrogen-bond donors (Lipinski definition) is 2. The van der Waals surface area contributed by atoms with E-state index in [1.807, 2.05) is 35.8 Å². The first kappa shape index (κ1) is 12.8. The highest BCUT2D eigenvalue weighted by Crippen LogP contribution is 2.09. The van der Waals surface area contributed by atoms with E-state index in [1.165, 1.54) is 0 Å². The number of nitrogens with one attached hydrogen (secondary N) is 1. The van der Waals surface area contributed by atoms with Gasteiger partial charge in [0.25, 0.3) is 0 Å². The van der Waals surface area contributed by atoms with Crippen molar-refractivity contribution < 1.29 is 5.11 Å². The molecule has 2 rings (SSSR count). The molecule has 0 aliphatic carbocycles. The van der Waals surface area contributed by atoms with E-state index in [0.29, 0.717) is 18.5 Å². The van der Waals surface area contributed by atoms with Gasteiger partial charge in [0.15, 0.2) is 5.43 Å². The van der Waals surface area contributed by atoms with Crippen LogP contribution in [0.5, 0.6) is 0 Å². The molecule has 0 spiro atoms. The van der Waals surface area contributed by atoms with Crippen molar-refractivity contribution in [3.8, 4) is 0 Å². The highest BCUT2D eigenvalue weighted by molar-refractivity contribution is 5.78. The van der Waals surface area contributed by atoms with Gasteiger partial charge in [-0.3, -0.25) is 4.79 Å². The molecule has 0 aliphatic rings. The van der Waals surface area contributed by atoms with Crippen molar-refractivity contribution in [1.82, 2.24) is 9.88 Å². The minimum atomic E-state index is -0.462. The summed E-state index contributed by atoms with van der Waals surface area (Å²) in [5.74, 6) is 0. The fourth-order valence-corrected chi connectivity index (χ4v) is 2.02. The molecule has 0 radical (unpaired) electrons. The Labute approximate surface area is 106 Å². The third-order valence-corrected chi connectivity index (χ3v) is 2.92. The highest BCUT2D eigenvalue weighted by Gasteiger charge is 2.07. The zero-order valence-electron chi connectivity index (χ0n) is 10.5. The summed E-state index contributed by atoms with van der Waals surface area (Å²) in [6.07, 6.45) is 1.27. The Hall–Kier alpha value is -1.65. The normalized spacial score (nSPS) is 12.8. The molecule has 1 heterocycles. The van der Waals surface area contributed by atoms with Crippen LogP contribution in [0.3, 0.4) is 0 Å². The number of rotatable bonds is 5. The molecule has 1 unspecified atom stereocenters. The lowest BCUT2D eigenvalue weighted by Crippen LogP contribution is -2.30. The van der Waals surface area contributed by atoms with Gasteiger partial charge >= 0.3 is 0 Å². The number of nitrogens with zero attached hydrogens (tertiary/aromatic N) is 1. The number of benzene rings is 1. The van der Waals surface area contributed by atoms with Gasteiger partial charge in [-0.15, -0.1) is 0 Å². The van der Waals surface area contributed by atoms with E-state index in [9.17, 15) is 9.90 Å². The fraction of sp³-hybridized carbons (Fsp3) is 0.357. The first-order valence-corrected chi connectivity index (χ1v) is 6.19. The van der Waals surface area contributed by atoms with Crippen molar-refractivity contribution in [3.63, 3.8) is 0 Å². The van der Waals surface area contributed by atoms with Gasteiger partial charge in [-0.05, 0) is 18.7 Å². The zero-order valence-corrected chi connectivity index (χ0v) is 10.5. The number of aromatic nitrogens is 1. The van der Waals surface area contributed by atoms with E-state index >= 15 is 0 Å². The van der Waals surface area contributed by atoms with Gasteiger partial charge in [0.2, 0.25) is 0 Å². The van der Waals surface area contributed by atoms with Crippen molar-refractivity contribution in [3.05, 3.63) is 46.8 Å². The summed E-state index contributed by atoms with van der Waals surface area (Å²) in [4.78, 5) is 11.7. The van der Waals surface area contributed by atoms with Gasteiger partial charge in [0.05, 0.1) is 11.6 Å². The van der Waals surface area contributed by atoms with Crippen LogP contribution in [0, 0.1) is 0 Å². The number of aliphatic hydroxyl groups is 1. The van der Waals surface area contributed by atoms with E-state index in [1.54, 1.807) is 12.3 Å². The Kier molecular flexibility index (Phi) is 4.12. The van der Waals surface area contributed by atoms with E-state index in [0.717, 1.165) is 12.1 Å². The average molecular weight is 246 g/mol. The maximum Gasteiger partial charge on any atom is 0.189 e. The van der Waals surface area contributed by atoms with Gasteiger partial charge in [0, 0.05) is 30.7 Å². The van der Waals surface area contributed by atoms with Crippen LogP contribution in [-0.2, 0) is 6.54 Å². The monoisotopic (exact) mass is 246 g/mol. The molecule has 18 heavy (non-hydrogen) atoms. The second kappa shape index (κ2) is 5.80. The molecule has 2 N–H and O–H groups in total. The SMILES string of the molecule is CCNCC(O)Cn1ccc(=O)c2ccccc21. The molecule has 0 aliphatic heterocycles. The number of fused-ring (bicyclic) bond motifs is 1. The van der Waals surface area contributed by atoms with Gasteiger partial charge in [-0.25, -0.2) is 0 Å². The van der Waals surface area contributed by atoms with E-state index < -0.39 is 6.10 Å². The van der Waals surface area contributed by atoms with Crippen molar-refractivity contribution in [2.75, 3.05) is 13.1 Å². The van der Waals surface area contributed by atoms with Crippen molar-refractivity contribution in [2.24, 2.45) is 0 Å². The second-order valence-corrected chi connectivity index (χ2v) is 4.31. The van der Waals surface area contributed by atoms with Gasteiger partial charge < -0.3 is 15.0 Å². The van der Waals surface area contributed by atoms with Gasteiger partial charge in [-0.1, -0.05) is 19.1 Å². The Balaban J connectivity index is 2.29. The van der Waals surface area contributed by atoms with Crippen LogP contribution in [0.25, 0.3) is 10.9 Å². The maximum atomic E-state index is 11.7. The summed E-state index contributed by atoms with van der Waals surface area (Å²) in [7, 11) is 0. The Morgan fingerprint density at radius 3 is 2.89 bits per heavy atom. The lowest BCUT2D eigenvalue weighted by Gasteiger charge is -2.15. The summed E-state index contributed by atoms with van der Waals surface area (Å²) >= 11 is 0. The summed E-state index contributed by atoms with van der Waals surface area (Å²) in [6, 6.07) is 9.00. The summed E-state index contributed by atoms with van der Waals surface area (Å²) < 4.78 is 1.92. The molecule has 0 saturated carbocycles. The molecule has 0 fully saturated rings. The van der Waals surface area contributed by atoms with Crippen LogP contribution in [0.15, 0.2) is 41.3 Å². The van der Waals surface area contributed by atoms with E-state index in [4.69, 9.17) is 0 Å². The van der Waals surface area contributed by atoms with E-state index in [2.05, 4.69) is 5.32 Å².